The average Bonchev–Trinajstić information content (AvgIpc) is 3.81. The number of hydrogen-bond acceptors (Lipinski definition) is 4. The number of para-hydroxylation sites is 2. The quantitative estimate of drug-likeness (QED) is 0.317. The van der Waals surface area contributed by atoms with Crippen molar-refractivity contribution in [3.05, 3.63) is 132 Å². The fraction of sp³-hybridized carbons (Fsp3) is 0.455. The van der Waals surface area contributed by atoms with Gasteiger partial charge >= 0.3 is 0 Å². The van der Waals surface area contributed by atoms with E-state index in [1.165, 1.54) is 33.6 Å². The predicted molar refractivity (Wildman–Crippen MR) is 198 cm³/mol. The molecule has 6 fully saturated rings. The zero-order chi connectivity index (χ0) is 33.6. The number of aliphatic hydroxyl groups excluding tert-OH is 2. The van der Waals surface area contributed by atoms with Gasteiger partial charge in [-0.2, -0.15) is 0 Å². The van der Waals surface area contributed by atoms with E-state index < -0.39 is 0 Å². The van der Waals surface area contributed by atoms with Crippen LogP contribution in [0.15, 0.2) is 121 Å². The number of benzene rings is 2. The summed E-state index contributed by atoms with van der Waals surface area (Å²) in [4.78, 5) is 5.54. The molecule has 6 heteroatoms. The number of anilines is 2. The lowest BCUT2D eigenvalue weighted by Gasteiger charge is -2.59. The van der Waals surface area contributed by atoms with Gasteiger partial charge in [0, 0.05) is 61.3 Å². The Bertz CT molecular complexity index is 1850. The summed E-state index contributed by atoms with van der Waals surface area (Å²) in [6, 6.07) is 20.3. The van der Waals surface area contributed by atoms with E-state index in [9.17, 15) is 10.2 Å². The van der Waals surface area contributed by atoms with Gasteiger partial charge in [0.1, 0.15) is 25.2 Å². The van der Waals surface area contributed by atoms with Crippen LogP contribution in [0.25, 0.3) is 0 Å². The maximum Gasteiger partial charge on any atom is 0.103 e. The van der Waals surface area contributed by atoms with E-state index in [0.29, 0.717) is 23.9 Å². The Morgan fingerprint density at radius 1 is 0.680 bits per heavy atom. The van der Waals surface area contributed by atoms with Gasteiger partial charge in [-0.15, -0.1) is 0 Å². The monoisotopic (exact) mass is 666 g/mol. The zero-order valence-corrected chi connectivity index (χ0v) is 29.1. The molecule has 2 aliphatic carbocycles. The maximum absolute atomic E-state index is 10.5. The van der Waals surface area contributed by atoms with Crippen LogP contribution in [-0.2, 0) is 10.8 Å². The Balaban J connectivity index is 1.22. The van der Waals surface area contributed by atoms with Crippen LogP contribution in [0.3, 0.4) is 0 Å². The van der Waals surface area contributed by atoms with E-state index in [2.05, 4.69) is 108 Å². The summed E-state index contributed by atoms with van der Waals surface area (Å²) in [7, 11) is 0. The van der Waals surface area contributed by atoms with Gasteiger partial charge in [-0.05, 0) is 57.7 Å². The first kappa shape index (κ1) is 30.0. The number of rotatable bonds is 6. The molecule has 0 unspecified atom stereocenters. The molecule has 2 aromatic rings. The molecule has 256 valence electrons. The molecule has 2 spiro atoms. The standard InChI is InChI=1S/C44H50N4O2/c1-3-17-47-19-15-43-35-9-5-7-11-37(35)45-26-34-32-24-40-44(16-20-48(40,18-4-2)28-30(32)14-22-50)36-10-6-8-12-38(36)46(42(34)44)25-33(41(43)45)31(23-39(43)47)29(27-47)13-21-49/h3-14,25-26,31-32,39-42,49-50H,1-2,15-24,27-28H2/q+2/b29-13?,30-14?,33-25-,34-26-/t31-,32-,39-,40-,41-,42-,43+,44+,47-,48-/m0/s1. The summed E-state index contributed by atoms with van der Waals surface area (Å²) in [6.45, 7) is 15.0. The summed E-state index contributed by atoms with van der Waals surface area (Å²) in [6.07, 6.45) is 18.6. The van der Waals surface area contributed by atoms with Crippen LogP contribution in [0.5, 0.6) is 0 Å². The fourth-order valence-corrected chi connectivity index (χ4v) is 14.6. The topological polar surface area (TPSA) is 46.9 Å². The summed E-state index contributed by atoms with van der Waals surface area (Å²) >= 11 is 0. The Labute approximate surface area is 296 Å². The minimum absolute atomic E-state index is 0.0183. The van der Waals surface area contributed by atoms with Crippen LogP contribution in [0.4, 0.5) is 11.4 Å². The Morgan fingerprint density at radius 3 is 1.54 bits per heavy atom. The smallest absolute Gasteiger partial charge is 0.103 e. The zero-order valence-electron chi connectivity index (χ0n) is 29.1. The highest BCUT2D eigenvalue weighted by Gasteiger charge is 2.75. The van der Waals surface area contributed by atoms with Crippen molar-refractivity contribution >= 4 is 11.4 Å². The van der Waals surface area contributed by atoms with Gasteiger partial charge in [0.15, 0.2) is 0 Å². The van der Waals surface area contributed by atoms with Crippen molar-refractivity contribution in [1.29, 1.82) is 0 Å². The Kier molecular flexibility index (Phi) is 6.00. The molecule has 9 aliphatic rings. The highest BCUT2D eigenvalue weighted by molar-refractivity contribution is 5.77. The van der Waals surface area contributed by atoms with Gasteiger partial charge in [0.05, 0.1) is 62.3 Å². The molecule has 4 saturated heterocycles. The maximum atomic E-state index is 10.5. The second-order valence-corrected chi connectivity index (χ2v) is 17.2. The van der Waals surface area contributed by atoms with Crippen LogP contribution in [0, 0.1) is 11.8 Å². The van der Waals surface area contributed by atoms with Crippen LogP contribution in [0.1, 0.15) is 36.8 Å². The van der Waals surface area contributed by atoms with Crippen molar-refractivity contribution in [2.24, 2.45) is 11.8 Å². The van der Waals surface area contributed by atoms with Crippen molar-refractivity contribution in [2.45, 2.75) is 60.7 Å². The highest BCUT2D eigenvalue weighted by atomic mass is 16.3. The Morgan fingerprint density at radius 2 is 1.12 bits per heavy atom. The highest BCUT2D eigenvalue weighted by Crippen LogP contribution is 2.69. The van der Waals surface area contributed by atoms with Crippen molar-refractivity contribution < 1.29 is 19.2 Å². The normalized spacial score (nSPS) is 45.5. The average molecular weight is 667 g/mol. The minimum Gasteiger partial charge on any atom is -0.392 e. The van der Waals surface area contributed by atoms with Gasteiger partial charge in [0.25, 0.3) is 0 Å². The van der Waals surface area contributed by atoms with E-state index in [1.54, 1.807) is 11.1 Å². The first-order chi connectivity index (χ1) is 24.5. The third-order valence-corrected chi connectivity index (χ3v) is 15.9. The second-order valence-electron chi connectivity index (χ2n) is 17.2. The lowest BCUT2D eigenvalue weighted by molar-refractivity contribution is -0.937. The first-order valence-corrected chi connectivity index (χ1v) is 19.2. The summed E-state index contributed by atoms with van der Waals surface area (Å²) in [5.41, 5.74) is 11.8. The van der Waals surface area contributed by atoms with E-state index >= 15 is 0 Å². The van der Waals surface area contributed by atoms with E-state index in [4.69, 9.17) is 0 Å². The lowest BCUT2D eigenvalue weighted by Crippen LogP contribution is -2.69. The molecule has 2 saturated carbocycles. The molecule has 50 heavy (non-hydrogen) atoms. The SMILES string of the molecule is C=CC[N@@+]12CC[C@]34c5ccccc5N5/C=C6\[C@@H]7N(/C=C(\[C@H]53)[C@@H](C[C@@H]41)C(=CCO)C2)c1ccccc1[C@@]71CC[N@@+]2(CC=C)CC(=CCO)[C@@H]6C[C@@H]12. The summed E-state index contributed by atoms with van der Waals surface area (Å²) < 4.78 is 2.12. The number of fused-ring (bicyclic) bond motifs is 8. The molecule has 2 N–H and O–H groups in total. The molecule has 0 aromatic heterocycles. The van der Waals surface area contributed by atoms with Gasteiger partial charge in [-0.3, -0.25) is 0 Å². The van der Waals surface area contributed by atoms with Crippen LogP contribution in [-0.4, -0.2) is 95.8 Å². The number of hydrogen-bond donors (Lipinski definition) is 2. The number of nitrogens with zero attached hydrogens (tertiary/aromatic N) is 4. The predicted octanol–water partition coefficient (Wildman–Crippen LogP) is 5.48. The molecular formula is C44H50N4O2+2. The van der Waals surface area contributed by atoms with Crippen molar-refractivity contribution in [2.75, 3.05) is 62.3 Å². The molecule has 4 bridgehead atoms. The molecular weight excluding hydrogens is 617 g/mol. The van der Waals surface area contributed by atoms with Crippen molar-refractivity contribution in [1.82, 2.24) is 0 Å². The number of quaternary nitrogens is 2. The van der Waals surface area contributed by atoms with Gasteiger partial charge in [0.2, 0.25) is 0 Å². The van der Waals surface area contributed by atoms with Gasteiger partial charge in [-0.1, -0.05) is 61.7 Å². The Hall–Kier alpha value is -3.68. The molecule has 2 aromatic carbocycles. The number of aliphatic hydroxyl groups is 2. The van der Waals surface area contributed by atoms with Crippen molar-refractivity contribution in [3.8, 4) is 0 Å². The fourth-order valence-electron chi connectivity index (χ4n) is 14.6. The molecule has 6 nitrogen and oxygen atoms in total. The van der Waals surface area contributed by atoms with Gasteiger partial charge < -0.3 is 29.0 Å². The molecule has 11 rings (SSSR count). The van der Waals surface area contributed by atoms with Crippen molar-refractivity contribution in [3.63, 3.8) is 0 Å². The first-order valence-electron chi connectivity index (χ1n) is 19.2. The van der Waals surface area contributed by atoms with Crippen LogP contribution in [0.2, 0.25) is 0 Å². The second kappa shape index (κ2) is 10.0. The van der Waals surface area contributed by atoms with Crippen LogP contribution >= 0.6 is 0 Å². The van der Waals surface area contributed by atoms with E-state index in [0.717, 1.165) is 73.9 Å². The largest absolute Gasteiger partial charge is 0.392 e. The number of piperidine rings is 2. The lowest BCUT2D eigenvalue weighted by atomic mass is 9.56. The summed E-state index contributed by atoms with van der Waals surface area (Å²) in [5, 5.41) is 20.9. The van der Waals surface area contributed by atoms with Gasteiger partial charge in [-0.25, -0.2) is 0 Å². The minimum atomic E-state index is 0.0183. The molecule has 7 aliphatic heterocycles. The molecule has 7 heterocycles. The molecule has 0 amide bonds. The van der Waals surface area contributed by atoms with E-state index in [1.807, 2.05) is 0 Å². The third-order valence-electron chi connectivity index (χ3n) is 15.9. The third kappa shape index (κ3) is 3.24. The summed E-state index contributed by atoms with van der Waals surface area (Å²) in [5.74, 6) is 0.615. The van der Waals surface area contributed by atoms with Crippen LogP contribution < -0.4 is 9.80 Å². The molecule has 10 atom stereocenters. The van der Waals surface area contributed by atoms with E-state index in [-0.39, 0.29) is 36.1 Å². The molecule has 0 radical (unpaired) electrons.